The van der Waals surface area contributed by atoms with Crippen LogP contribution in [0.25, 0.3) is 42.9 Å². The van der Waals surface area contributed by atoms with E-state index in [2.05, 4.69) is 113 Å². The molecule has 5 rings (SSSR count). The number of pyridine rings is 1. The zero-order chi connectivity index (χ0) is 23.8. The minimum atomic E-state index is 0.473. The molecule has 0 N–H and O–H groups in total. The van der Waals surface area contributed by atoms with Crippen molar-refractivity contribution in [2.45, 2.75) is 46.5 Å². The van der Waals surface area contributed by atoms with Crippen LogP contribution in [0, 0.1) is 6.92 Å². The standard InChI is InChI=1S/C32H31NS/c1-20(2)23-11-13-24(14-12-23)29-18-27(30-19-26(21(3)4)15-16-33-30)17-28-22(5)31(34-32(28)29)25-9-7-6-8-10-25/h6-21H,1-5H3. The lowest BCUT2D eigenvalue weighted by atomic mass is 9.94. The molecule has 0 atom stereocenters. The Bertz CT molecular complexity index is 1440. The van der Waals surface area contributed by atoms with Crippen molar-refractivity contribution in [1.29, 1.82) is 0 Å². The van der Waals surface area contributed by atoms with Crippen molar-refractivity contribution in [3.8, 4) is 32.8 Å². The number of benzene rings is 3. The van der Waals surface area contributed by atoms with Crippen molar-refractivity contribution in [3.05, 3.63) is 102 Å². The second-order valence-corrected chi connectivity index (χ2v) is 10.7. The topological polar surface area (TPSA) is 12.9 Å². The van der Waals surface area contributed by atoms with Gasteiger partial charge in [0.25, 0.3) is 0 Å². The van der Waals surface area contributed by atoms with E-state index in [1.54, 1.807) is 0 Å². The highest BCUT2D eigenvalue weighted by Gasteiger charge is 2.17. The summed E-state index contributed by atoms with van der Waals surface area (Å²) in [5.74, 6) is 0.998. The Morgan fingerprint density at radius 1 is 0.676 bits per heavy atom. The van der Waals surface area contributed by atoms with Gasteiger partial charge in [0.15, 0.2) is 0 Å². The van der Waals surface area contributed by atoms with E-state index in [9.17, 15) is 0 Å². The number of aryl methyl sites for hydroxylation is 1. The van der Waals surface area contributed by atoms with Crippen LogP contribution in [0.4, 0.5) is 0 Å². The summed E-state index contributed by atoms with van der Waals surface area (Å²) in [6.45, 7) is 11.2. The molecule has 34 heavy (non-hydrogen) atoms. The molecule has 5 aromatic rings. The van der Waals surface area contributed by atoms with Crippen molar-refractivity contribution >= 4 is 21.4 Å². The van der Waals surface area contributed by atoms with Gasteiger partial charge in [-0.1, -0.05) is 82.3 Å². The van der Waals surface area contributed by atoms with Crippen LogP contribution < -0.4 is 0 Å². The van der Waals surface area contributed by atoms with Crippen LogP contribution in [0.5, 0.6) is 0 Å². The van der Waals surface area contributed by atoms with E-state index in [-0.39, 0.29) is 0 Å². The van der Waals surface area contributed by atoms with Gasteiger partial charge in [-0.2, -0.15) is 0 Å². The van der Waals surface area contributed by atoms with Crippen LogP contribution in [0.1, 0.15) is 56.2 Å². The lowest BCUT2D eigenvalue weighted by Gasteiger charge is -2.12. The molecule has 0 saturated carbocycles. The molecular weight excluding hydrogens is 430 g/mol. The quantitative estimate of drug-likeness (QED) is 0.254. The largest absolute Gasteiger partial charge is 0.256 e. The van der Waals surface area contributed by atoms with Gasteiger partial charge in [-0.15, -0.1) is 11.3 Å². The van der Waals surface area contributed by atoms with Crippen LogP contribution in [-0.4, -0.2) is 4.98 Å². The van der Waals surface area contributed by atoms with Gasteiger partial charge in [0, 0.05) is 26.9 Å². The fourth-order valence-corrected chi connectivity index (χ4v) is 5.89. The molecule has 0 spiro atoms. The zero-order valence-electron chi connectivity index (χ0n) is 20.6. The monoisotopic (exact) mass is 461 g/mol. The maximum Gasteiger partial charge on any atom is 0.0705 e. The first kappa shape index (κ1) is 22.6. The first-order chi connectivity index (χ1) is 16.4. The summed E-state index contributed by atoms with van der Waals surface area (Å²) in [7, 11) is 0. The van der Waals surface area contributed by atoms with Gasteiger partial charge in [0.05, 0.1) is 5.69 Å². The van der Waals surface area contributed by atoms with Crippen molar-refractivity contribution in [1.82, 2.24) is 4.98 Å². The Balaban J connectivity index is 1.76. The summed E-state index contributed by atoms with van der Waals surface area (Å²) in [6, 6.07) is 28.9. The molecule has 2 aromatic heterocycles. The fourth-order valence-electron chi connectivity index (χ4n) is 4.56. The summed E-state index contributed by atoms with van der Waals surface area (Å²) in [6.07, 6.45) is 1.95. The highest BCUT2D eigenvalue weighted by atomic mass is 32.1. The molecule has 0 aliphatic rings. The third-order valence-corrected chi connectivity index (χ3v) is 8.10. The molecule has 0 fully saturated rings. The lowest BCUT2D eigenvalue weighted by molar-refractivity contribution is 0.864. The first-order valence-electron chi connectivity index (χ1n) is 12.1. The number of fused-ring (bicyclic) bond motifs is 1. The zero-order valence-corrected chi connectivity index (χ0v) is 21.4. The van der Waals surface area contributed by atoms with E-state index >= 15 is 0 Å². The van der Waals surface area contributed by atoms with E-state index in [1.165, 1.54) is 53.9 Å². The number of nitrogens with zero attached hydrogens (tertiary/aromatic N) is 1. The SMILES string of the molecule is Cc1c(-c2ccccc2)sc2c(-c3ccc(C(C)C)cc3)cc(-c3cc(C(C)C)ccn3)cc12. The van der Waals surface area contributed by atoms with Gasteiger partial charge < -0.3 is 0 Å². The summed E-state index contributed by atoms with van der Waals surface area (Å²) in [5, 5.41) is 1.32. The van der Waals surface area contributed by atoms with Gasteiger partial charge in [-0.05, 0) is 76.2 Å². The molecule has 2 heterocycles. The van der Waals surface area contributed by atoms with Gasteiger partial charge >= 0.3 is 0 Å². The predicted molar refractivity (Wildman–Crippen MR) is 149 cm³/mol. The van der Waals surface area contributed by atoms with Gasteiger partial charge in [-0.25, -0.2) is 0 Å². The van der Waals surface area contributed by atoms with Crippen LogP contribution in [0.15, 0.2) is 85.1 Å². The van der Waals surface area contributed by atoms with Crippen molar-refractivity contribution in [3.63, 3.8) is 0 Å². The molecule has 0 aliphatic carbocycles. The molecular formula is C32H31NS. The van der Waals surface area contributed by atoms with E-state index in [0.29, 0.717) is 11.8 Å². The Hall–Kier alpha value is -3.23. The Kier molecular flexibility index (Phi) is 6.10. The minimum absolute atomic E-state index is 0.473. The molecule has 170 valence electrons. The molecule has 0 aliphatic heterocycles. The molecule has 0 radical (unpaired) electrons. The van der Waals surface area contributed by atoms with Crippen molar-refractivity contribution in [2.24, 2.45) is 0 Å². The van der Waals surface area contributed by atoms with E-state index in [1.807, 2.05) is 17.5 Å². The van der Waals surface area contributed by atoms with Crippen molar-refractivity contribution in [2.75, 3.05) is 0 Å². The lowest BCUT2D eigenvalue weighted by Crippen LogP contribution is -1.92. The molecule has 2 heteroatoms. The summed E-state index contributed by atoms with van der Waals surface area (Å²) in [5.41, 5.74) is 10.1. The molecule has 1 nitrogen and oxygen atoms in total. The molecule has 0 saturated heterocycles. The van der Waals surface area contributed by atoms with Crippen molar-refractivity contribution < 1.29 is 0 Å². The van der Waals surface area contributed by atoms with E-state index in [0.717, 1.165) is 5.69 Å². The number of hydrogen-bond acceptors (Lipinski definition) is 2. The smallest absolute Gasteiger partial charge is 0.0705 e. The molecule has 3 aromatic carbocycles. The third kappa shape index (κ3) is 4.19. The summed E-state index contributed by atoms with van der Waals surface area (Å²) >= 11 is 1.90. The van der Waals surface area contributed by atoms with E-state index in [4.69, 9.17) is 4.98 Å². The molecule has 0 amide bonds. The van der Waals surface area contributed by atoms with E-state index < -0.39 is 0 Å². The first-order valence-corrected chi connectivity index (χ1v) is 12.9. The molecule has 0 bridgehead atoms. The number of hydrogen-bond donors (Lipinski definition) is 0. The minimum Gasteiger partial charge on any atom is -0.256 e. The third-order valence-electron chi connectivity index (χ3n) is 6.71. The second kappa shape index (κ2) is 9.19. The molecule has 0 unspecified atom stereocenters. The fraction of sp³-hybridized carbons (Fsp3) is 0.219. The van der Waals surface area contributed by atoms with Crippen LogP contribution in [-0.2, 0) is 0 Å². The highest BCUT2D eigenvalue weighted by molar-refractivity contribution is 7.23. The highest BCUT2D eigenvalue weighted by Crippen LogP contribution is 2.45. The van der Waals surface area contributed by atoms with Crippen LogP contribution >= 0.6 is 11.3 Å². The Morgan fingerprint density at radius 3 is 2.06 bits per heavy atom. The number of rotatable bonds is 5. The summed E-state index contributed by atoms with van der Waals surface area (Å²) in [4.78, 5) is 6.11. The van der Waals surface area contributed by atoms with Gasteiger partial charge in [0.2, 0.25) is 0 Å². The summed E-state index contributed by atoms with van der Waals surface area (Å²) < 4.78 is 1.34. The van der Waals surface area contributed by atoms with Gasteiger partial charge in [-0.3, -0.25) is 4.98 Å². The van der Waals surface area contributed by atoms with Gasteiger partial charge in [0.1, 0.15) is 0 Å². The van der Waals surface area contributed by atoms with Crippen LogP contribution in [0.2, 0.25) is 0 Å². The maximum atomic E-state index is 4.77. The Labute approximate surface area is 207 Å². The second-order valence-electron chi connectivity index (χ2n) is 9.73. The predicted octanol–water partition coefficient (Wildman–Crippen LogP) is 9.85. The van der Waals surface area contributed by atoms with Crippen LogP contribution in [0.3, 0.4) is 0 Å². The average Bonchev–Trinajstić information content (AvgIpc) is 3.20. The normalized spacial score (nSPS) is 11.6. The Morgan fingerprint density at radius 2 is 1.38 bits per heavy atom. The number of thiophene rings is 1. The maximum absolute atomic E-state index is 4.77. The number of aromatic nitrogens is 1. The average molecular weight is 462 g/mol.